The Bertz CT molecular complexity index is 1730. The van der Waals surface area contributed by atoms with Crippen LogP contribution in [0.4, 0.5) is 4.39 Å². The molecule has 0 saturated carbocycles. The average Bonchev–Trinajstić information content (AvgIpc) is 3.57. The zero-order valence-electron chi connectivity index (χ0n) is 23.1. The van der Waals surface area contributed by atoms with Crippen molar-refractivity contribution in [2.75, 3.05) is 13.1 Å². The number of pyridine rings is 1. The summed E-state index contributed by atoms with van der Waals surface area (Å²) in [5.41, 5.74) is 7.10. The number of piperidine rings is 1. The molecule has 1 fully saturated rings. The Balaban J connectivity index is 1.41. The smallest absolute Gasteiger partial charge is 0.159 e. The molecule has 0 radical (unpaired) electrons. The van der Waals surface area contributed by atoms with Gasteiger partial charge in [0.2, 0.25) is 0 Å². The van der Waals surface area contributed by atoms with Crippen molar-refractivity contribution in [1.82, 2.24) is 30.5 Å². The maximum atomic E-state index is 13.9. The van der Waals surface area contributed by atoms with Crippen molar-refractivity contribution < 1.29 is 4.39 Å². The first-order valence-electron chi connectivity index (χ1n) is 13.7. The summed E-state index contributed by atoms with van der Waals surface area (Å²) < 4.78 is 13.9. The number of halogens is 1. The number of nitrogens with zero attached hydrogens (tertiary/aromatic N) is 3. The fourth-order valence-electron chi connectivity index (χ4n) is 5.17. The molecule has 4 heterocycles. The van der Waals surface area contributed by atoms with Crippen LogP contribution in [0.2, 0.25) is 0 Å². The van der Waals surface area contributed by atoms with Crippen LogP contribution in [0.1, 0.15) is 33.1 Å². The summed E-state index contributed by atoms with van der Waals surface area (Å²) in [4.78, 5) is 12.4. The molecule has 0 unspecified atom stereocenters. The van der Waals surface area contributed by atoms with Gasteiger partial charge in [0, 0.05) is 17.0 Å². The number of aromatic amines is 2. The van der Waals surface area contributed by atoms with Gasteiger partial charge in [-0.15, -0.1) is 0 Å². The number of imidazole rings is 1. The Kier molecular flexibility index (Phi) is 8.31. The number of hydrogen-bond acceptors (Lipinski definition) is 4. The molecule has 1 aromatic carbocycles. The lowest BCUT2D eigenvalue weighted by Crippen LogP contribution is -2.27. The van der Waals surface area contributed by atoms with E-state index in [2.05, 4.69) is 70.7 Å². The number of benzene rings is 1. The van der Waals surface area contributed by atoms with Crippen LogP contribution in [0.25, 0.3) is 46.3 Å². The topological polar surface area (TPSA) is 82.3 Å². The minimum atomic E-state index is -0.305. The normalized spacial score (nSPS) is 16.2. The standard InChI is InChI=1S/C33H35FN6/c1-5-23(16-24-12-14-35-15-13-24)17-25(6-2)21(3)10-11-29-22(4)31(40-39-29)33-37-30-20-36-19-28(32(30)38-33)26-8-7-9-27(34)18-26/h5-11,17-20,24,35,39H,1,4,12-16H2,2-3H3,(H,37,38)/b21-10+,23-17+,25-6+,29-11+. The van der Waals surface area contributed by atoms with Crippen molar-refractivity contribution in [3.8, 4) is 22.6 Å². The van der Waals surface area contributed by atoms with E-state index < -0.39 is 0 Å². The molecule has 7 heteroatoms. The molecule has 0 aliphatic carbocycles. The van der Waals surface area contributed by atoms with E-state index in [9.17, 15) is 4.39 Å². The van der Waals surface area contributed by atoms with Crippen LogP contribution in [-0.2, 0) is 0 Å². The molecular formula is C33H35FN6. The summed E-state index contributed by atoms with van der Waals surface area (Å²) in [6.45, 7) is 14.7. The molecule has 0 atom stereocenters. The molecule has 1 saturated heterocycles. The van der Waals surface area contributed by atoms with Gasteiger partial charge < -0.3 is 10.3 Å². The van der Waals surface area contributed by atoms with E-state index in [1.807, 2.05) is 18.2 Å². The Hall–Kier alpha value is -4.36. The van der Waals surface area contributed by atoms with Gasteiger partial charge >= 0.3 is 0 Å². The monoisotopic (exact) mass is 534 g/mol. The molecule has 3 N–H and O–H groups in total. The van der Waals surface area contributed by atoms with Crippen molar-refractivity contribution in [2.45, 2.75) is 33.1 Å². The first kappa shape index (κ1) is 27.2. The summed E-state index contributed by atoms with van der Waals surface area (Å²) in [5.74, 6) is 0.976. The highest BCUT2D eigenvalue weighted by atomic mass is 19.1. The van der Waals surface area contributed by atoms with Gasteiger partial charge in [-0.3, -0.25) is 10.1 Å². The third-order valence-electron chi connectivity index (χ3n) is 7.51. The van der Waals surface area contributed by atoms with Crippen LogP contribution in [0.15, 0.2) is 84.3 Å². The van der Waals surface area contributed by atoms with Crippen molar-refractivity contribution in [2.24, 2.45) is 5.92 Å². The molecule has 204 valence electrons. The fraction of sp³-hybridized carbons (Fsp3) is 0.242. The minimum Gasteiger partial charge on any atom is -0.335 e. The van der Waals surface area contributed by atoms with Crippen molar-refractivity contribution >= 4 is 23.7 Å². The predicted octanol–water partition coefficient (Wildman–Crippen LogP) is 5.74. The summed E-state index contributed by atoms with van der Waals surface area (Å²) in [5, 5.41) is 12.6. The Morgan fingerprint density at radius 3 is 2.77 bits per heavy atom. The molecule has 4 aromatic rings. The largest absolute Gasteiger partial charge is 0.335 e. The van der Waals surface area contributed by atoms with Gasteiger partial charge in [0.15, 0.2) is 5.82 Å². The van der Waals surface area contributed by atoms with E-state index in [4.69, 9.17) is 4.98 Å². The molecule has 1 aliphatic heterocycles. The molecule has 0 spiro atoms. The minimum absolute atomic E-state index is 0.305. The number of aromatic nitrogens is 5. The third kappa shape index (κ3) is 5.95. The number of H-pyrrole nitrogens is 2. The number of nitrogens with one attached hydrogen (secondary N) is 3. The van der Waals surface area contributed by atoms with Crippen molar-refractivity contribution in [3.63, 3.8) is 0 Å². The van der Waals surface area contributed by atoms with Crippen LogP contribution >= 0.6 is 0 Å². The van der Waals surface area contributed by atoms with Crippen molar-refractivity contribution in [3.05, 3.63) is 101 Å². The average molecular weight is 535 g/mol. The quantitative estimate of drug-likeness (QED) is 0.252. The van der Waals surface area contributed by atoms with Crippen LogP contribution in [0.5, 0.6) is 0 Å². The van der Waals surface area contributed by atoms with Gasteiger partial charge in [-0.05, 0) is 92.6 Å². The second-order valence-corrected chi connectivity index (χ2v) is 10.2. The molecule has 6 nitrogen and oxygen atoms in total. The zero-order chi connectivity index (χ0) is 28.1. The summed E-state index contributed by atoms with van der Waals surface area (Å²) in [7, 11) is 0. The van der Waals surface area contributed by atoms with Gasteiger partial charge in [0.1, 0.15) is 11.5 Å². The summed E-state index contributed by atoms with van der Waals surface area (Å²) in [6.07, 6.45) is 17.3. The van der Waals surface area contributed by atoms with Gasteiger partial charge in [0.25, 0.3) is 0 Å². The number of allylic oxidation sites excluding steroid dienone is 7. The zero-order valence-corrected chi connectivity index (χ0v) is 23.1. The maximum absolute atomic E-state index is 13.9. The summed E-state index contributed by atoms with van der Waals surface area (Å²) in [6, 6.07) is 6.42. The Labute approximate surface area is 233 Å². The van der Waals surface area contributed by atoms with E-state index in [0.717, 1.165) is 46.7 Å². The highest BCUT2D eigenvalue weighted by Crippen LogP contribution is 2.28. The lowest BCUT2D eigenvalue weighted by molar-refractivity contribution is 0.374. The first-order chi connectivity index (χ1) is 19.5. The molecular weight excluding hydrogens is 499 g/mol. The van der Waals surface area contributed by atoms with Crippen LogP contribution in [-0.4, -0.2) is 38.2 Å². The molecule has 40 heavy (non-hydrogen) atoms. The molecule has 3 aromatic heterocycles. The van der Waals surface area contributed by atoms with Gasteiger partial charge in [-0.25, -0.2) is 9.37 Å². The van der Waals surface area contributed by atoms with Crippen LogP contribution in [0, 0.1) is 11.7 Å². The SMILES string of the molecule is C=C\C(=C/C(=C\C)C(/C)=C/C=c1/[nH]nc(-c2nc3c(-c4cccc(F)c4)cncc3[nH]2)c1=C)CC1CCNCC1. The highest BCUT2D eigenvalue weighted by Gasteiger charge is 2.15. The molecule has 1 aliphatic rings. The third-order valence-corrected chi connectivity index (χ3v) is 7.51. The van der Waals surface area contributed by atoms with E-state index >= 15 is 0 Å². The molecule has 0 amide bonds. The fourth-order valence-corrected chi connectivity index (χ4v) is 5.17. The number of rotatable bonds is 8. The lowest BCUT2D eigenvalue weighted by Gasteiger charge is -2.23. The van der Waals surface area contributed by atoms with E-state index in [0.29, 0.717) is 28.5 Å². The second-order valence-electron chi connectivity index (χ2n) is 10.2. The van der Waals surface area contributed by atoms with Gasteiger partial charge in [0.05, 0.1) is 22.6 Å². The Morgan fingerprint density at radius 1 is 1.20 bits per heavy atom. The predicted molar refractivity (Wildman–Crippen MR) is 162 cm³/mol. The Morgan fingerprint density at radius 2 is 2.02 bits per heavy atom. The number of hydrogen-bond donors (Lipinski definition) is 3. The van der Waals surface area contributed by atoms with E-state index in [1.54, 1.807) is 18.5 Å². The molecule has 0 bridgehead atoms. The van der Waals surface area contributed by atoms with Crippen LogP contribution < -0.4 is 15.9 Å². The van der Waals surface area contributed by atoms with Gasteiger partial charge in [-0.1, -0.05) is 49.6 Å². The summed E-state index contributed by atoms with van der Waals surface area (Å²) >= 11 is 0. The van der Waals surface area contributed by atoms with E-state index in [-0.39, 0.29) is 5.82 Å². The maximum Gasteiger partial charge on any atom is 0.159 e. The second kappa shape index (κ2) is 12.2. The number of fused-ring (bicyclic) bond motifs is 1. The molecule has 5 rings (SSSR count). The first-order valence-corrected chi connectivity index (χ1v) is 13.7. The van der Waals surface area contributed by atoms with E-state index in [1.165, 1.54) is 36.1 Å². The van der Waals surface area contributed by atoms with Gasteiger partial charge in [-0.2, -0.15) is 5.10 Å². The highest BCUT2D eigenvalue weighted by molar-refractivity contribution is 5.92. The van der Waals surface area contributed by atoms with Crippen molar-refractivity contribution in [1.29, 1.82) is 0 Å². The van der Waals surface area contributed by atoms with Crippen LogP contribution in [0.3, 0.4) is 0 Å². The lowest BCUT2D eigenvalue weighted by atomic mass is 9.89.